The van der Waals surface area contributed by atoms with Gasteiger partial charge in [-0.05, 0) is 51.1 Å². The summed E-state index contributed by atoms with van der Waals surface area (Å²) in [4.78, 5) is 7.16. The fraction of sp³-hybridized carbons (Fsp3) is 0.421. The predicted molar refractivity (Wildman–Crippen MR) is 100.0 cm³/mol. The van der Waals surface area contributed by atoms with Gasteiger partial charge in [0.2, 0.25) is 0 Å². The highest BCUT2D eigenvalue weighted by Gasteiger charge is 2.14. The van der Waals surface area contributed by atoms with Crippen molar-refractivity contribution in [1.29, 1.82) is 0 Å². The van der Waals surface area contributed by atoms with E-state index < -0.39 is 0 Å². The summed E-state index contributed by atoms with van der Waals surface area (Å²) in [6.07, 6.45) is 3.35. The number of hydrogen-bond donors (Lipinski definition) is 0. The lowest BCUT2D eigenvalue weighted by atomic mass is 10.1. The summed E-state index contributed by atoms with van der Waals surface area (Å²) >= 11 is 1.68. The quantitative estimate of drug-likeness (QED) is 0.781. The van der Waals surface area contributed by atoms with Gasteiger partial charge in [0.05, 0.1) is 18.9 Å². The van der Waals surface area contributed by atoms with Gasteiger partial charge in [-0.1, -0.05) is 6.08 Å². The number of nitrogens with zero attached hydrogens (tertiary/aromatic N) is 2. The molecule has 128 valence electrons. The topological polar surface area (TPSA) is 34.6 Å². The largest absolute Gasteiger partial charge is 0.490 e. The van der Waals surface area contributed by atoms with Crippen molar-refractivity contribution < 1.29 is 9.47 Å². The number of benzene rings is 1. The van der Waals surface area contributed by atoms with Crippen molar-refractivity contribution in [3.63, 3.8) is 0 Å². The van der Waals surface area contributed by atoms with E-state index in [9.17, 15) is 0 Å². The molecule has 0 saturated heterocycles. The molecule has 24 heavy (non-hydrogen) atoms. The van der Waals surface area contributed by atoms with Crippen LogP contribution in [0.2, 0.25) is 0 Å². The summed E-state index contributed by atoms with van der Waals surface area (Å²) in [5, 5.41) is 3.18. The van der Waals surface area contributed by atoms with Gasteiger partial charge in [-0.2, -0.15) is 0 Å². The lowest BCUT2D eigenvalue weighted by Gasteiger charge is -2.20. The normalized spacial score (nSPS) is 15.2. The maximum Gasteiger partial charge on any atom is 0.161 e. The third-order valence-electron chi connectivity index (χ3n) is 4.04. The van der Waals surface area contributed by atoms with E-state index in [-0.39, 0.29) is 0 Å². The van der Waals surface area contributed by atoms with Crippen LogP contribution in [-0.4, -0.2) is 43.2 Å². The molecular formula is C19H24N2O2S. The average Bonchev–Trinajstić information content (AvgIpc) is 3.07. The van der Waals surface area contributed by atoms with Crippen LogP contribution < -0.4 is 9.47 Å². The van der Waals surface area contributed by atoms with Gasteiger partial charge in [0.25, 0.3) is 0 Å². The summed E-state index contributed by atoms with van der Waals surface area (Å²) < 4.78 is 11.4. The van der Waals surface area contributed by atoms with E-state index in [0.29, 0.717) is 13.2 Å². The van der Waals surface area contributed by atoms with Crippen molar-refractivity contribution in [1.82, 2.24) is 9.88 Å². The molecule has 1 aromatic carbocycles. The molecule has 0 unspecified atom stereocenters. The zero-order valence-electron chi connectivity index (χ0n) is 14.5. The Labute approximate surface area is 147 Å². The van der Waals surface area contributed by atoms with Gasteiger partial charge in [-0.15, -0.1) is 11.3 Å². The van der Waals surface area contributed by atoms with Crippen LogP contribution in [0.1, 0.15) is 26.0 Å². The molecule has 0 radical (unpaired) electrons. The second-order valence-corrected chi connectivity index (χ2v) is 6.67. The molecule has 4 nitrogen and oxygen atoms in total. The fourth-order valence-corrected chi connectivity index (χ4v) is 3.58. The van der Waals surface area contributed by atoms with Crippen LogP contribution in [0.15, 0.2) is 29.7 Å². The first kappa shape index (κ1) is 17.0. The highest BCUT2D eigenvalue weighted by atomic mass is 32.1. The van der Waals surface area contributed by atoms with E-state index in [2.05, 4.69) is 29.5 Å². The minimum atomic E-state index is 0.618. The van der Waals surface area contributed by atoms with E-state index in [1.54, 1.807) is 11.3 Å². The molecule has 5 heteroatoms. The molecule has 2 aromatic rings. The van der Waals surface area contributed by atoms with E-state index in [1.807, 2.05) is 26.0 Å². The number of ether oxygens (including phenoxy) is 2. The minimum Gasteiger partial charge on any atom is -0.490 e. The molecule has 3 rings (SSSR count). The van der Waals surface area contributed by atoms with Crippen LogP contribution in [0.5, 0.6) is 11.5 Å². The molecule has 0 amide bonds. The Morgan fingerprint density at radius 2 is 1.96 bits per heavy atom. The van der Waals surface area contributed by atoms with E-state index in [0.717, 1.165) is 47.3 Å². The van der Waals surface area contributed by atoms with Crippen LogP contribution >= 0.6 is 11.3 Å². The smallest absolute Gasteiger partial charge is 0.161 e. The molecule has 0 atom stereocenters. The third kappa shape index (κ3) is 3.79. The number of likely N-dealkylation sites (N-methyl/N-ethyl adjacent to an activating group) is 1. The van der Waals surface area contributed by atoms with Crippen LogP contribution in [0.25, 0.3) is 16.1 Å². The van der Waals surface area contributed by atoms with Gasteiger partial charge >= 0.3 is 0 Å². The monoisotopic (exact) mass is 344 g/mol. The zero-order chi connectivity index (χ0) is 16.9. The Morgan fingerprint density at radius 1 is 1.17 bits per heavy atom. The molecule has 0 spiro atoms. The lowest BCUT2D eigenvalue weighted by Crippen LogP contribution is -2.23. The SMILES string of the molecule is CCOc1ccc(-c2nc(C3=CCN(C)CC3)cs2)cc1OCC. The first-order valence-corrected chi connectivity index (χ1v) is 9.32. The maximum atomic E-state index is 5.72. The minimum absolute atomic E-state index is 0.618. The third-order valence-corrected chi connectivity index (χ3v) is 4.93. The highest BCUT2D eigenvalue weighted by molar-refractivity contribution is 7.13. The molecule has 2 heterocycles. The zero-order valence-corrected chi connectivity index (χ0v) is 15.4. The van der Waals surface area contributed by atoms with Crippen LogP contribution in [0, 0.1) is 0 Å². The van der Waals surface area contributed by atoms with Gasteiger partial charge in [0, 0.05) is 24.0 Å². The highest BCUT2D eigenvalue weighted by Crippen LogP contribution is 2.35. The summed E-state index contributed by atoms with van der Waals surface area (Å²) in [5.74, 6) is 1.57. The molecule has 0 fully saturated rings. The van der Waals surface area contributed by atoms with Gasteiger partial charge in [0.15, 0.2) is 11.5 Å². The summed E-state index contributed by atoms with van der Waals surface area (Å²) in [6.45, 7) is 7.30. The van der Waals surface area contributed by atoms with Crippen molar-refractivity contribution in [2.45, 2.75) is 20.3 Å². The molecule has 1 aliphatic heterocycles. The number of rotatable bonds is 6. The van der Waals surface area contributed by atoms with Crippen molar-refractivity contribution in [2.24, 2.45) is 0 Å². The summed E-state index contributed by atoms with van der Waals surface area (Å²) in [5.41, 5.74) is 3.54. The van der Waals surface area contributed by atoms with Crippen LogP contribution in [-0.2, 0) is 0 Å². The molecule has 1 aromatic heterocycles. The summed E-state index contributed by atoms with van der Waals surface area (Å²) in [7, 11) is 2.15. The van der Waals surface area contributed by atoms with Crippen LogP contribution in [0.4, 0.5) is 0 Å². The average molecular weight is 344 g/mol. The molecule has 1 aliphatic rings. The second-order valence-electron chi connectivity index (χ2n) is 5.81. The molecular weight excluding hydrogens is 320 g/mol. The Bertz CT molecular complexity index is 724. The van der Waals surface area contributed by atoms with E-state index >= 15 is 0 Å². The lowest BCUT2D eigenvalue weighted by molar-refractivity contribution is 0.288. The van der Waals surface area contributed by atoms with Gasteiger partial charge < -0.3 is 14.4 Å². The van der Waals surface area contributed by atoms with Crippen molar-refractivity contribution in [3.8, 4) is 22.1 Å². The standard InChI is InChI=1S/C19H24N2O2S/c1-4-22-17-7-6-15(12-18(17)23-5-2)19-20-16(13-24-19)14-8-10-21(3)11-9-14/h6-8,12-13H,4-5,9-11H2,1-3H3. The summed E-state index contributed by atoms with van der Waals surface area (Å²) in [6, 6.07) is 6.05. The van der Waals surface area contributed by atoms with E-state index in [1.165, 1.54) is 5.57 Å². The number of hydrogen-bond acceptors (Lipinski definition) is 5. The Hall–Kier alpha value is -1.85. The number of aromatic nitrogens is 1. The Morgan fingerprint density at radius 3 is 2.67 bits per heavy atom. The first-order chi connectivity index (χ1) is 11.7. The molecule has 0 bridgehead atoms. The number of thiazole rings is 1. The van der Waals surface area contributed by atoms with Gasteiger partial charge in [0.1, 0.15) is 5.01 Å². The van der Waals surface area contributed by atoms with Gasteiger partial charge in [-0.25, -0.2) is 4.98 Å². The molecule has 0 N–H and O–H groups in total. The molecule has 0 aliphatic carbocycles. The molecule has 0 saturated carbocycles. The Balaban J connectivity index is 1.85. The van der Waals surface area contributed by atoms with Crippen LogP contribution in [0.3, 0.4) is 0 Å². The van der Waals surface area contributed by atoms with Gasteiger partial charge in [-0.3, -0.25) is 0 Å². The van der Waals surface area contributed by atoms with Crippen molar-refractivity contribution in [3.05, 3.63) is 35.3 Å². The predicted octanol–water partition coefficient (Wildman–Crippen LogP) is 4.33. The maximum absolute atomic E-state index is 5.72. The van der Waals surface area contributed by atoms with Crippen molar-refractivity contribution in [2.75, 3.05) is 33.4 Å². The second kappa shape index (κ2) is 7.81. The first-order valence-electron chi connectivity index (χ1n) is 8.44. The fourth-order valence-electron chi connectivity index (χ4n) is 2.74. The van der Waals surface area contributed by atoms with Crippen molar-refractivity contribution >= 4 is 16.9 Å². The van der Waals surface area contributed by atoms with E-state index in [4.69, 9.17) is 14.5 Å². The Kier molecular flexibility index (Phi) is 5.53.